The Labute approximate surface area is 711 Å². The van der Waals surface area contributed by atoms with Crippen LogP contribution in [0.2, 0.25) is 0 Å². The van der Waals surface area contributed by atoms with Crippen molar-refractivity contribution in [3.63, 3.8) is 0 Å². The normalized spacial score (nSPS) is 49.1. The van der Waals surface area contributed by atoms with E-state index in [1.54, 1.807) is 0 Å². The van der Waals surface area contributed by atoms with Crippen molar-refractivity contribution in [3.8, 4) is 0 Å². The molecule has 10 rings (SSSR count). The minimum atomic E-state index is -3.32. The molecule has 10 saturated heterocycles. The van der Waals surface area contributed by atoms with Crippen molar-refractivity contribution in [2.75, 3.05) is 66.1 Å². The second kappa shape index (κ2) is 44.8. The Morgan fingerprint density at radius 2 is 0.627 bits per heavy atom. The molecule has 51 atom stereocenters. The summed E-state index contributed by atoms with van der Waals surface area (Å²) in [4.78, 5) is 51.6. The quantitative estimate of drug-likeness (QED) is 0.0284. The molecule has 0 aliphatic carbocycles. The third-order valence-corrected chi connectivity index (χ3v) is 23.0. The number of carboxylic acids is 1. The predicted molar refractivity (Wildman–Crippen MR) is 382 cm³/mol. The van der Waals surface area contributed by atoms with Crippen LogP contribution in [-0.4, -0.2) is 561 Å². The minimum absolute atomic E-state index is 0.889. The number of hydrogen-bond acceptors (Lipinski definition) is 53. The molecule has 0 unspecified atom stereocenters. The van der Waals surface area contributed by atoms with Gasteiger partial charge in [0.2, 0.25) is 17.7 Å². The number of carbonyl (C=O) groups is 4. The van der Waals surface area contributed by atoms with Gasteiger partial charge in [-0.25, -0.2) is 4.79 Å². The lowest BCUT2D eigenvalue weighted by atomic mass is 9.88. The fourth-order valence-electron chi connectivity index (χ4n) is 16.3. The molecule has 34 N–H and O–H groups in total. The summed E-state index contributed by atoms with van der Waals surface area (Å²) in [6, 6.07) is -5.76. The smallest absolute Gasteiger partial charge is 0.364 e. The van der Waals surface area contributed by atoms with Crippen LogP contribution in [0.25, 0.3) is 0 Å². The molecule has 10 aliphatic heterocycles. The van der Waals surface area contributed by atoms with Crippen LogP contribution in [-0.2, 0) is 109 Å². The molecule has 57 heteroatoms. The average Bonchev–Trinajstić information content (AvgIpc) is 0.720. The van der Waals surface area contributed by atoms with E-state index in [1.807, 2.05) is 0 Å². The zero-order valence-electron chi connectivity index (χ0n) is 66.9. The highest BCUT2D eigenvalue weighted by molar-refractivity contribution is 5.77. The van der Waals surface area contributed by atoms with Gasteiger partial charge in [0, 0.05) is 27.2 Å². The van der Waals surface area contributed by atoms with E-state index >= 15 is 0 Å². The van der Waals surface area contributed by atoms with Crippen LogP contribution < -0.4 is 16.0 Å². The summed E-state index contributed by atoms with van der Waals surface area (Å²) in [6.07, 6.45) is -103. The summed E-state index contributed by atoms with van der Waals surface area (Å²) in [5.74, 6) is -8.38. The van der Waals surface area contributed by atoms with E-state index in [1.165, 1.54) is 0 Å². The van der Waals surface area contributed by atoms with Crippen LogP contribution in [0.1, 0.15) is 27.2 Å². The fourth-order valence-corrected chi connectivity index (χ4v) is 16.3. The number of carboxylic acid groups (broad SMARTS) is 1. The highest BCUT2D eigenvalue weighted by Gasteiger charge is 2.64. The van der Waals surface area contributed by atoms with Gasteiger partial charge in [0.05, 0.1) is 78.2 Å². The van der Waals surface area contributed by atoms with Gasteiger partial charge in [-0.15, -0.1) is 0 Å². The Morgan fingerprint density at radius 1 is 0.325 bits per heavy atom. The van der Waals surface area contributed by atoms with Gasteiger partial charge in [-0.3, -0.25) is 14.4 Å². The largest absolute Gasteiger partial charge is 0.477 e. The lowest BCUT2D eigenvalue weighted by Gasteiger charge is -2.51. The Balaban J connectivity index is 0.927. The Morgan fingerprint density at radius 3 is 1.03 bits per heavy atom. The van der Waals surface area contributed by atoms with E-state index in [0.29, 0.717) is 0 Å². The Hall–Kier alpha value is -4.08. The first kappa shape index (κ1) is 104. The molecule has 0 aromatic heterocycles. The fraction of sp³-hybridized carbons (Fsp3) is 0.942. The predicted octanol–water partition coefficient (Wildman–Crippen LogP) is -23.2. The van der Waals surface area contributed by atoms with Gasteiger partial charge in [-0.05, 0) is 0 Å². The first-order valence-electron chi connectivity index (χ1n) is 39.8. The third kappa shape index (κ3) is 22.3. The molecular weight excluding hydrogens is 1730 g/mol. The summed E-state index contributed by atoms with van der Waals surface area (Å²) in [5.41, 5.74) is 0. The van der Waals surface area contributed by atoms with Crippen LogP contribution >= 0.6 is 0 Å². The lowest BCUT2D eigenvalue weighted by molar-refractivity contribution is -0.399. The van der Waals surface area contributed by atoms with Crippen molar-refractivity contribution < 1.29 is 267 Å². The van der Waals surface area contributed by atoms with Gasteiger partial charge < -0.3 is 264 Å². The molecule has 126 heavy (non-hydrogen) atoms. The summed E-state index contributed by atoms with van der Waals surface area (Å²) < 4.78 is 110. The summed E-state index contributed by atoms with van der Waals surface area (Å²) in [6.45, 7) is -8.89. The van der Waals surface area contributed by atoms with Crippen LogP contribution in [0, 0.1) is 0 Å². The number of aliphatic hydroxyl groups is 30. The third-order valence-electron chi connectivity index (χ3n) is 23.0. The number of nitrogens with one attached hydrogen (secondary N) is 3. The van der Waals surface area contributed by atoms with Gasteiger partial charge >= 0.3 is 5.97 Å². The molecule has 0 radical (unpaired) electrons. The number of aliphatic hydroxyl groups excluding tert-OH is 30. The molecule has 0 aromatic rings. The van der Waals surface area contributed by atoms with Crippen LogP contribution in [0.3, 0.4) is 0 Å². The second-order valence-electron chi connectivity index (χ2n) is 31.7. The summed E-state index contributed by atoms with van der Waals surface area (Å²) in [5, 5.41) is 350. The first-order valence-corrected chi connectivity index (χ1v) is 39.8. The average molecular weight is 1850 g/mol. The summed E-state index contributed by atoms with van der Waals surface area (Å²) >= 11 is 0. The Kier molecular flexibility index (Phi) is 37.0. The van der Waals surface area contributed by atoms with E-state index in [4.69, 9.17) is 90.0 Å². The monoisotopic (exact) mass is 1850 g/mol. The Bertz CT molecular complexity index is 3420. The number of aliphatic carboxylic acids is 1. The molecule has 0 bridgehead atoms. The molecule has 0 aromatic carbocycles. The van der Waals surface area contributed by atoms with Crippen molar-refractivity contribution in [1.29, 1.82) is 0 Å². The van der Waals surface area contributed by atoms with E-state index in [0.717, 1.165) is 20.8 Å². The van der Waals surface area contributed by atoms with Crippen LogP contribution in [0.4, 0.5) is 0 Å². The van der Waals surface area contributed by atoms with Crippen molar-refractivity contribution in [2.24, 2.45) is 0 Å². The maximum Gasteiger partial charge on any atom is 0.364 e. The van der Waals surface area contributed by atoms with E-state index in [-0.39, 0.29) is 0 Å². The molecule has 3 amide bonds. The molecule has 730 valence electrons. The van der Waals surface area contributed by atoms with Crippen molar-refractivity contribution in [2.45, 2.75) is 340 Å². The molecule has 10 fully saturated rings. The summed E-state index contributed by atoms with van der Waals surface area (Å²) in [7, 11) is 0. The topological polar surface area (TPSA) is 907 Å². The van der Waals surface area contributed by atoms with E-state index in [2.05, 4.69) is 16.0 Å². The lowest BCUT2D eigenvalue weighted by Crippen LogP contribution is -2.71. The molecule has 10 aliphatic rings. The van der Waals surface area contributed by atoms with Gasteiger partial charge in [0.1, 0.15) is 238 Å². The number of rotatable bonds is 34. The number of amides is 3. The maximum absolute atomic E-state index is 13.2. The van der Waals surface area contributed by atoms with Gasteiger partial charge in [0.25, 0.3) is 5.79 Å². The zero-order valence-corrected chi connectivity index (χ0v) is 66.9. The minimum Gasteiger partial charge on any atom is -0.477 e. The van der Waals surface area contributed by atoms with Gasteiger partial charge in [0.15, 0.2) is 56.6 Å². The zero-order chi connectivity index (χ0) is 93.0. The van der Waals surface area contributed by atoms with Gasteiger partial charge in [-0.2, -0.15) is 0 Å². The van der Waals surface area contributed by atoms with Crippen molar-refractivity contribution in [1.82, 2.24) is 16.0 Å². The van der Waals surface area contributed by atoms with Crippen molar-refractivity contribution in [3.05, 3.63) is 0 Å². The van der Waals surface area contributed by atoms with Crippen LogP contribution in [0.15, 0.2) is 0 Å². The second-order valence-corrected chi connectivity index (χ2v) is 31.7. The van der Waals surface area contributed by atoms with Gasteiger partial charge in [-0.1, -0.05) is 0 Å². The number of hydrogen-bond donors (Lipinski definition) is 34. The first-order chi connectivity index (χ1) is 59.5. The SMILES string of the molecule is CC(=O)N[C@H]1[C@H](OC[C@H]2O[C@@H](O[C@H]3[C@H](O)[C@@H](NC(C)=O)[C@H](O[C@H]4[C@@H](O)[C@@H](CO)O[C@@H](O[C@H]5[C@H](O)[C@@H](O)[C@H](O)O[C@@H]5CO)[C@@H]4O)O[C@@H]3CO)[C@H](O)[C@@H](O[C@@H]3O[C@H](CO)[C@@H](O[C@@H]4O[C@H](CO)[C@H](O)[C@H](O[C@]5(C(=O)O)C[C@H](O)[C@@H](NC(C)=O)[C@H]([C@H](O)[C@H](O)CO)O5)[C@H]4O)[C@H](O)[C@H]3O)[C@H]2O)O[C@H](CO)[C@@H](O[C@@H]2O[C@H](CO)[C@H](O)[C@H](O[C@H]3O[C@H](CO)[C@H](O)[C@H](O)[C@H]3O)[C@H]2O)[C@@H]1O. The molecule has 57 nitrogen and oxygen atoms in total. The highest BCUT2D eigenvalue weighted by Crippen LogP contribution is 2.43. The molecule has 10 heterocycles. The van der Waals surface area contributed by atoms with E-state index in [9.17, 15) is 177 Å². The maximum atomic E-state index is 13.2. The molecular formula is C69H115N3O54. The molecule has 0 saturated carbocycles. The number of carbonyl (C=O) groups excluding carboxylic acids is 3. The van der Waals surface area contributed by atoms with E-state index < -0.39 is 409 Å². The highest BCUT2D eigenvalue weighted by atomic mass is 16.8. The molecule has 0 spiro atoms. The number of ether oxygens (including phenoxy) is 19. The van der Waals surface area contributed by atoms with Crippen molar-refractivity contribution >= 4 is 23.7 Å². The standard InChI is InChI=1S/C69H115N3O54/c1-15(82)70-29-18(85)4-69(68(106)107,125-54(29)32(87)19(86)5-73)126-58-36(91)23(9-77)113-67(49(58)104)121-53-27(13-81)116-63(45(100)42(53)97)124-57-37(92)28(14-108-60-30(71-16(2)83)38(93)50(25(11-79)114-60)118-64-47(102)56(35(90)22(8-76)111-64)123-62-44(99)40(95)33(88)20(6-74)110-62)117-66(48(57)103)119-51-26(12-80)115-61(31(39(51)94)72-17(3)84)122-55-34(89)21(7-75)112-65(46(55)101)120-52-24(10-78)109-59(105)43(98)41(52)96/h18-67,73-81,85-105H,4-14H2,1-3H3,(H,70,82)(H,71,83)(H,72,84)(H,106,107)/t18-,19+,20+,21+,22+,23+,24+,25+,26+,27+,28+,29+,30+,31+,32+,33-,34-,35-,36-,37-,38+,39+,40-,41+,42+,43+,44+,45+,46+,47+,48+,49+,50+,51+,52+,53+,54+,55-,56-,57-,58-,59+,60+,61-,62+,63-,64-,65-,66-,67-,69-/m0/s1. The van der Waals surface area contributed by atoms with Crippen LogP contribution in [0.5, 0.6) is 0 Å².